The van der Waals surface area contributed by atoms with Crippen LogP contribution in [0.3, 0.4) is 0 Å². The molecule has 3 heterocycles. The lowest BCUT2D eigenvalue weighted by atomic mass is 10.0. The van der Waals surface area contributed by atoms with E-state index >= 15 is 0 Å². The zero-order valence-corrected chi connectivity index (χ0v) is 27.9. The van der Waals surface area contributed by atoms with E-state index < -0.39 is 0 Å². The lowest BCUT2D eigenvalue weighted by molar-refractivity contribution is 0.670. The van der Waals surface area contributed by atoms with Crippen molar-refractivity contribution in [2.75, 3.05) is 0 Å². The predicted molar refractivity (Wildman–Crippen MR) is 213 cm³/mol. The van der Waals surface area contributed by atoms with E-state index in [1.807, 2.05) is 30.3 Å². The molecule has 0 N–H and O–H groups in total. The van der Waals surface area contributed by atoms with Crippen LogP contribution < -0.4 is 0 Å². The van der Waals surface area contributed by atoms with Crippen molar-refractivity contribution >= 4 is 65.3 Å². The van der Waals surface area contributed by atoms with Gasteiger partial charge in [0.25, 0.3) is 0 Å². The second-order valence-electron chi connectivity index (χ2n) is 13.2. The number of aromatic nitrogens is 4. The van der Waals surface area contributed by atoms with Crippen molar-refractivity contribution in [3.8, 4) is 39.9 Å². The van der Waals surface area contributed by atoms with E-state index in [4.69, 9.17) is 19.4 Å². The standard InChI is InChI=1S/C47H28N4O/c1-3-15-31(16-4-1)45-48-46(50-47(49-45)38-23-11-21-36-42-33-19-9-7-13-29(33)26-28-40(42)52-44(36)38)37-22-12-24-39-41(37)35-27-25-30-14-8-10-20-34(30)43(35)51(39)32-17-5-2-6-18-32/h1-28H. The van der Waals surface area contributed by atoms with Crippen molar-refractivity contribution in [1.29, 1.82) is 0 Å². The maximum atomic E-state index is 6.65. The van der Waals surface area contributed by atoms with E-state index in [2.05, 4.69) is 144 Å². The SMILES string of the molecule is c1ccc(-c2nc(-c3cccc4c3oc3ccc5ccccc5c34)nc(-c3cccc4c3c3ccc5ccccc5c3n4-c3ccccc3)n2)cc1. The molecule has 5 nitrogen and oxygen atoms in total. The van der Waals surface area contributed by atoms with Crippen molar-refractivity contribution in [1.82, 2.24) is 19.5 Å². The van der Waals surface area contributed by atoms with Crippen LogP contribution in [0.15, 0.2) is 174 Å². The van der Waals surface area contributed by atoms with Gasteiger partial charge in [0.1, 0.15) is 11.2 Å². The molecule has 0 saturated carbocycles. The second kappa shape index (κ2) is 11.2. The van der Waals surface area contributed by atoms with Crippen molar-refractivity contribution < 1.29 is 4.42 Å². The van der Waals surface area contributed by atoms with Gasteiger partial charge in [-0.05, 0) is 46.5 Å². The largest absolute Gasteiger partial charge is 0.455 e. The molecule has 0 fully saturated rings. The van der Waals surface area contributed by atoms with Crippen LogP contribution in [-0.2, 0) is 0 Å². The molecule has 0 unspecified atom stereocenters. The summed E-state index contributed by atoms with van der Waals surface area (Å²) < 4.78 is 9.03. The average Bonchev–Trinajstić information content (AvgIpc) is 3.78. The molecule has 0 amide bonds. The second-order valence-corrected chi connectivity index (χ2v) is 13.2. The lowest BCUT2D eigenvalue weighted by Gasteiger charge is -2.11. The third-order valence-electron chi connectivity index (χ3n) is 10.2. The van der Waals surface area contributed by atoms with Crippen LogP contribution in [0, 0.1) is 0 Å². The molecule has 242 valence electrons. The molecule has 0 aliphatic carbocycles. The molecule has 0 aliphatic heterocycles. The van der Waals surface area contributed by atoms with Crippen molar-refractivity contribution in [2.45, 2.75) is 0 Å². The van der Waals surface area contributed by atoms with Crippen LogP contribution in [0.5, 0.6) is 0 Å². The van der Waals surface area contributed by atoms with Gasteiger partial charge in [-0.1, -0.05) is 140 Å². The highest BCUT2D eigenvalue weighted by Gasteiger charge is 2.22. The first-order valence-corrected chi connectivity index (χ1v) is 17.5. The van der Waals surface area contributed by atoms with Crippen molar-refractivity contribution in [2.24, 2.45) is 0 Å². The molecule has 0 atom stereocenters. The molecule has 0 saturated heterocycles. The predicted octanol–water partition coefficient (Wildman–Crippen LogP) is 12.2. The summed E-state index contributed by atoms with van der Waals surface area (Å²) in [5.74, 6) is 1.77. The molecular formula is C47H28N4O. The molecular weight excluding hydrogens is 637 g/mol. The maximum absolute atomic E-state index is 6.65. The number of para-hydroxylation sites is 2. The fourth-order valence-corrected chi connectivity index (χ4v) is 7.94. The quantitative estimate of drug-likeness (QED) is 0.188. The highest BCUT2D eigenvalue weighted by molar-refractivity contribution is 6.23. The minimum atomic E-state index is 0.562. The minimum Gasteiger partial charge on any atom is -0.455 e. The molecule has 0 aliphatic rings. The summed E-state index contributed by atoms with van der Waals surface area (Å²) in [4.78, 5) is 15.6. The van der Waals surface area contributed by atoms with Gasteiger partial charge >= 0.3 is 0 Å². The molecule has 3 aromatic heterocycles. The van der Waals surface area contributed by atoms with Gasteiger partial charge in [-0.2, -0.15) is 0 Å². The zero-order chi connectivity index (χ0) is 34.2. The lowest BCUT2D eigenvalue weighted by Crippen LogP contribution is -2.00. The number of nitrogens with zero attached hydrogens (tertiary/aromatic N) is 4. The van der Waals surface area contributed by atoms with Crippen LogP contribution in [0.4, 0.5) is 0 Å². The number of fused-ring (bicyclic) bond motifs is 10. The van der Waals surface area contributed by atoms with E-state index in [-0.39, 0.29) is 0 Å². The first-order chi connectivity index (χ1) is 25.8. The molecule has 0 bridgehead atoms. The number of furan rings is 1. The summed E-state index contributed by atoms with van der Waals surface area (Å²) in [6.07, 6.45) is 0. The highest BCUT2D eigenvalue weighted by atomic mass is 16.3. The van der Waals surface area contributed by atoms with E-state index in [1.165, 1.54) is 16.2 Å². The Hall–Kier alpha value is -7.11. The molecule has 8 aromatic carbocycles. The molecule has 11 rings (SSSR count). The first kappa shape index (κ1) is 28.7. The Labute approximate surface area is 298 Å². The normalized spacial score (nSPS) is 11.8. The molecule has 11 aromatic rings. The number of hydrogen-bond donors (Lipinski definition) is 0. The number of hydrogen-bond acceptors (Lipinski definition) is 4. The third kappa shape index (κ3) is 4.26. The van der Waals surface area contributed by atoms with Gasteiger partial charge in [-0.15, -0.1) is 0 Å². The van der Waals surface area contributed by atoms with E-state index in [0.717, 1.165) is 71.5 Å². The molecule has 52 heavy (non-hydrogen) atoms. The Morgan fingerprint density at radius 3 is 1.85 bits per heavy atom. The van der Waals surface area contributed by atoms with E-state index in [0.29, 0.717) is 17.5 Å². The van der Waals surface area contributed by atoms with Gasteiger partial charge in [-0.25, -0.2) is 15.0 Å². The fraction of sp³-hybridized carbons (Fsp3) is 0. The fourth-order valence-electron chi connectivity index (χ4n) is 7.94. The molecule has 5 heteroatoms. The Bertz CT molecular complexity index is 3180. The van der Waals surface area contributed by atoms with Gasteiger partial charge in [-0.3, -0.25) is 0 Å². The zero-order valence-electron chi connectivity index (χ0n) is 27.9. The van der Waals surface area contributed by atoms with Crippen LogP contribution in [-0.4, -0.2) is 19.5 Å². The number of benzene rings is 8. The van der Waals surface area contributed by atoms with Gasteiger partial charge in [0.15, 0.2) is 17.5 Å². The first-order valence-electron chi connectivity index (χ1n) is 17.5. The van der Waals surface area contributed by atoms with Crippen LogP contribution in [0.2, 0.25) is 0 Å². The Balaban J connectivity index is 1.23. The summed E-state index contributed by atoms with van der Waals surface area (Å²) in [7, 11) is 0. The Morgan fingerprint density at radius 2 is 1.02 bits per heavy atom. The summed E-state index contributed by atoms with van der Waals surface area (Å²) in [6, 6.07) is 59.0. The van der Waals surface area contributed by atoms with Crippen LogP contribution in [0.1, 0.15) is 0 Å². The Morgan fingerprint density at radius 1 is 0.404 bits per heavy atom. The molecule has 0 radical (unpaired) electrons. The van der Waals surface area contributed by atoms with Gasteiger partial charge in [0.2, 0.25) is 0 Å². The topological polar surface area (TPSA) is 56.7 Å². The summed E-state index contributed by atoms with van der Waals surface area (Å²) in [6.45, 7) is 0. The van der Waals surface area contributed by atoms with Crippen molar-refractivity contribution in [3.05, 3.63) is 170 Å². The van der Waals surface area contributed by atoms with Crippen LogP contribution >= 0.6 is 0 Å². The van der Waals surface area contributed by atoms with E-state index in [1.54, 1.807) is 0 Å². The monoisotopic (exact) mass is 664 g/mol. The maximum Gasteiger partial charge on any atom is 0.167 e. The number of rotatable bonds is 4. The van der Waals surface area contributed by atoms with Crippen LogP contribution in [0.25, 0.3) is 105 Å². The minimum absolute atomic E-state index is 0.562. The Kier molecular flexibility index (Phi) is 6.18. The van der Waals surface area contributed by atoms with Crippen molar-refractivity contribution in [3.63, 3.8) is 0 Å². The van der Waals surface area contributed by atoms with Gasteiger partial charge in [0, 0.05) is 43.7 Å². The molecule has 0 spiro atoms. The highest BCUT2D eigenvalue weighted by Crippen LogP contribution is 2.42. The summed E-state index contributed by atoms with van der Waals surface area (Å²) in [5, 5.41) is 9.08. The van der Waals surface area contributed by atoms with Gasteiger partial charge < -0.3 is 8.98 Å². The third-order valence-corrected chi connectivity index (χ3v) is 10.2. The summed E-state index contributed by atoms with van der Waals surface area (Å²) >= 11 is 0. The average molecular weight is 665 g/mol. The summed E-state index contributed by atoms with van der Waals surface area (Å²) in [5.41, 5.74) is 7.62. The van der Waals surface area contributed by atoms with Gasteiger partial charge in [0.05, 0.1) is 16.6 Å². The smallest absolute Gasteiger partial charge is 0.167 e. The van der Waals surface area contributed by atoms with E-state index in [9.17, 15) is 0 Å².